The molecule has 0 aliphatic carbocycles. The maximum Gasteiger partial charge on any atom is 0.303 e. The van der Waals surface area contributed by atoms with Crippen LogP contribution < -0.4 is 0 Å². The molecule has 138 valence electrons. The second-order valence-corrected chi connectivity index (χ2v) is 6.89. The molecule has 1 aliphatic heterocycles. The molecule has 1 aliphatic rings. The first-order valence-corrected chi connectivity index (χ1v) is 9.06. The average molecular weight is 377 g/mol. The van der Waals surface area contributed by atoms with Crippen LogP contribution in [-0.4, -0.2) is 49.2 Å². The molecule has 1 saturated heterocycles. The van der Waals surface area contributed by atoms with E-state index in [1.807, 2.05) is 12.1 Å². The molecule has 0 saturated carbocycles. The van der Waals surface area contributed by atoms with Gasteiger partial charge >= 0.3 is 5.97 Å². The summed E-state index contributed by atoms with van der Waals surface area (Å²) in [5, 5.41) is 13.9. The minimum absolute atomic E-state index is 0.0557. The SMILES string of the molecule is Cc1nc(C(=O)N2CCCCC2CCC(=O)O)nn1-c1ccc(Cl)cc1. The highest BCUT2D eigenvalue weighted by molar-refractivity contribution is 6.30. The van der Waals surface area contributed by atoms with Crippen LogP contribution >= 0.6 is 11.6 Å². The van der Waals surface area contributed by atoms with Crippen molar-refractivity contribution in [2.75, 3.05) is 6.54 Å². The first kappa shape index (κ1) is 18.4. The zero-order chi connectivity index (χ0) is 18.7. The summed E-state index contributed by atoms with van der Waals surface area (Å²) in [5.74, 6) is -0.339. The van der Waals surface area contributed by atoms with Crippen molar-refractivity contribution in [1.29, 1.82) is 0 Å². The van der Waals surface area contributed by atoms with Crippen LogP contribution in [0.1, 0.15) is 48.5 Å². The predicted molar refractivity (Wildman–Crippen MR) is 96.7 cm³/mol. The van der Waals surface area contributed by atoms with Crippen LogP contribution in [0.4, 0.5) is 0 Å². The Morgan fingerprint density at radius 2 is 2.00 bits per heavy atom. The molecule has 8 heteroatoms. The van der Waals surface area contributed by atoms with Gasteiger partial charge in [0.25, 0.3) is 5.91 Å². The van der Waals surface area contributed by atoms with Gasteiger partial charge in [0.1, 0.15) is 5.82 Å². The molecule has 1 aromatic heterocycles. The number of likely N-dealkylation sites (tertiary alicyclic amines) is 1. The lowest BCUT2D eigenvalue weighted by Crippen LogP contribution is -2.44. The fourth-order valence-corrected chi connectivity index (χ4v) is 3.42. The number of amides is 1. The quantitative estimate of drug-likeness (QED) is 0.866. The Morgan fingerprint density at radius 1 is 1.27 bits per heavy atom. The summed E-state index contributed by atoms with van der Waals surface area (Å²) in [7, 11) is 0. The van der Waals surface area contributed by atoms with E-state index in [2.05, 4.69) is 10.1 Å². The highest BCUT2D eigenvalue weighted by Crippen LogP contribution is 2.23. The number of carbonyl (C=O) groups is 2. The lowest BCUT2D eigenvalue weighted by Gasteiger charge is -2.34. The number of aliphatic carboxylic acids is 1. The number of aromatic nitrogens is 3. The van der Waals surface area contributed by atoms with Gasteiger partial charge in [0.15, 0.2) is 0 Å². The van der Waals surface area contributed by atoms with Crippen molar-refractivity contribution in [2.45, 2.75) is 45.1 Å². The van der Waals surface area contributed by atoms with Crippen LogP contribution in [0.25, 0.3) is 5.69 Å². The van der Waals surface area contributed by atoms with Gasteiger partial charge in [0.05, 0.1) is 5.69 Å². The monoisotopic (exact) mass is 376 g/mol. The van der Waals surface area contributed by atoms with Gasteiger partial charge in [-0.1, -0.05) is 11.6 Å². The van der Waals surface area contributed by atoms with Crippen LogP contribution in [0, 0.1) is 6.92 Å². The molecule has 0 spiro atoms. The molecule has 0 radical (unpaired) electrons. The minimum Gasteiger partial charge on any atom is -0.481 e. The van der Waals surface area contributed by atoms with Crippen molar-refractivity contribution in [1.82, 2.24) is 19.7 Å². The Hall–Kier alpha value is -2.41. The van der Waals surface area contributed by atoms with E-state index >= 15 is 0 Å². The smallest absolute Gasteiger partial charge is 0.303 e. The fourth-order valence-electron chi connectivity index (χ4n) is 3.29. The standard InChI is InChI=1S/C18H21ClN4O3/c1-12-20-17(21-23(12)15-7-5-13(19)6-8-15)18(26)22-11-3-2-4-14(22)9-10-16(24)25/h5-8,14H,2-4,9-11H2,1H3,(H,24,25). The molecule has 1 unspecified atom stereocenters. The zero-order valence-electron chi connectivity index (χ0n) is 14.6. The normalized spacial score (nSPS) is 17.3. The van der Waals surface area contributed by atoms with Gasteiger partial charge in [-0.3, -0.25) is 9.59 Å². The van der Waals surface area contributed by atoms with Crippen LogP contribution in [0.5, 0.6) is 0 Å². The molecule has 26 heavy (non-hydrogen) atoms. The van der Waals surface area contributed by atoms with Gasteiger partial charge in [-0.25, -0.2) is 9.67 Å². The molecular formula is C18H21ClN4O3. The summed E-state index contributed by atoms with van der Waals surface area (Å²) < 4.78 is 1.61. The van der Waals surface area contributed by atoms with Gasteiger partial charge in [0, 0.05) is 24.0 Å². The Labute approximate surface area is 156 Å². The van der Waals surface area contributed by atoms with Gasteiger partial charge in [0.2, 0.25) is 5.82 Å². The molecule has 1 aromatic carbocycles. The second-order valence-electron chi connectivity index (χ2n) is 6.45. The number of halogens is 1. The summed E-state index contributed by atoms with van der Waals surface area (Å²) in [6.07, 6.45) is 3.24. The van der Waals surface area contributed by atoms with Crippen LogP contribution in [0.3, 0.4) is 0 Å². The number of piperidine rings is 1. The molecule has 2 aromatic rings. The molecular weight excluding hydrogens is 356 g/mol. The maximum absolute atomic E-state index is 12.9. The summed E-state index contributed by atoms with van der Waals surface area (Å²) in [4.78, 5) is 29.9. The summed E-state index contributed by atoms with van der Waals surface area (Å²) in [5.41, 5.74) is 0.777. The first-order valence-electron chi connectivity index (χ1n) is 8.68. The van der Waals surface area contributed by atoms with Gasteiger partial charge in [-0.05, 0) is 56.9 Å². The molecule has 1 amide bonds. The average Bonchev–Trinajstić information content (AvgIpc) is 3.02. The summed E-state index contributed by atoms with van der Waals surface area (Å²) >= 11 is 5.92. The summed E-state index contributed by atoms with van der Waals surface area (Å²) in [6.45, 7) is 2.40. The van der Waals surface area contributed by atoms with E-state index < -0.39 is 5.97 Å². The lowest BCUT2D eigenvalue weighted by molar-refractivity contribution is -0.137. The van der Waals surface area contributed by atoms with Gasteiger partial charge < -0.3 is 10.0 Å². The van der Waals surface area contributed by atoms with E-state index in [9.17, 15) is 9.59 Å². The number of carboxylic acids is 1. The minimum atomic E-state index is -0.844. The van der Waals surface area contributed by atoms with Crippen molar-refractivity contribution in [3.8, 4) is 5.69 Å². The third-order valence-electron chi connectivity index (χ3n) is 4.61. The molecule has 1 N–H and O–H groups in total. The number of benzene rings is 1. The molecule has 1 atom stereocenters. The van der Waals surface area contributed by atoms with E-state index in [-0.39, 0.29) is 24.2 Å². The topological polar surface area (TPSA) is 88.3 Å². The van der Waals surface area contributed by atoms with E-state index in [1.54, 1.807) is 28.6 Å². The highest BCUT2D eigenvalue weighted by atomic mass is 35.5. The Kier molecular flexibility index (Phi) is 5.56. The number of carbonyl (C=O) groups excluding carboxylic acids is 1. The van der Waals surface area contributed by atoms with Gasteiger partial charge in [-0.2, -0.15) is 0 Å². The van der Waals surface area contributed by atoms with Crippen molar-refractivity contribution in [3.05, 3.63) is 40.9 Å². The molecule has 0 bridgehead atoms. The van der Waals surface area contributed by atoms with Crippen molar-refractivity contribution in [3.63, 3.8) is 0 Å². The number of nitrogens with zero attached hydrogens (tertiary/aromatic N) is 4. The fraction of sp³-hybridized carbons (Fsp3) is 0.444. The largest absolute Gasteiger partial charge is 0.481 e. The lowest BCUT2D eigenvalue weighted by atomic mass is 9.98. The van der Waals surface area contributed by atoms with E-state index in [1.165, 1.54) is 0 Å². The van der Waals surface area contributed by atoms with Gasteiger partial charge in [-0.15, -0.1) is 5.10 Å². The third-order valence-corrected chi connectivity index (χ3v) is 4.86. The molecule has 2 heterocycles. The third kappa shape index (κ3) is 4.04. The Morgan fingerprint density at radius 3 is 2.69 bits per heavy atom. The molecule has 3 rings (SSSR count). The number of aryl methyl sites for hydroxylation is 1. The zero-order valence-corrected chi connectivity index (χ0v) is 15.3. The van der Waals surface area contributed by atoms with Crippen LogP contribution in [0.15, 0.2) is 24.3 Å². The molecule has 1 fully saturated rings. The first-order chi connectivity index (χ1) is 12.5. The van der Waals surface area contributed by atoms with Crippen molar-refractivity contribution in [2.24, 2.45) is 0 Å². The summed E-state index contributed by atoms with van der Waals surface area (Å²) in [6, 6.07) is 7.07. The highest BCUT2D eigenvalue weighted by Gasteiger charge is 2.30. The van der Waals surface area contributed by atoms with E-state index in [0.717, 1.165) is 24.9 Å². The van der Waals surface area contributed by atoms with Crippen LogP contribution in [-0.2, 0) is 4.79 Å². The second kappa shape index (κ2) is 7.86. The maximum atomic E-state index is 12.9. The van der Waals surface area contributed by atoms with Crippen LogP contribution in [0.2, 0.25) is 5.02 Å². The Bertz CT molecular complexity index is 803. The Balaban J connectivity index is 1.81. The van der Waals surface area contributed by atoms with Crippen molar-refractivity contribution >= 4 is 23.5 Å². The number of hydrogen-bond acceptors (Lipinski definition) is 4. The van der Waals surface area contributed by atoms with E-state index in [0.29, 0.717) is 23.8 Å². The number of rotatable bonds is 5. The number of hydrogen-bond donors (Lipinski definition) is 1. The molecule has 7 nitrogen and oxygen atoms in total. The number of carboxylic acid groups (broad SMARTS) is 1. The van der Waals surface area contributed by atoms with E-state index in [4.69, 9.17) is 16.7 Å². The van der Waals surface area contributed by atoms with Crippen molar-refractivity contribution < 1.29 is 14.7 Å². The predicted octanol–water partition coefficient (Wildman–Crippen LogP) is 3.09.